The number of hydrogen-bond donors (Lipinski definition) is 0. The highest BCUT2D eigenvalue weighted by Gasteiger charge is 2.34. The number of hydrogen-bond acceptors (Lipinski definition) is 6. The Morgan fingerprint density at radius 1 is 1.23 bits per heavy atom. The van der Waals surface area contributed by atoms with Crippen LogP contribution in [-0.4, -0.2) is 62.5 Å². The lowest BCUT2D eigenvalue weighted by atomic mass is 10.1. The van der Waals surface area contributed by atoms with Gasteiger partial charge in [-0.2, -0.15) is 0 Å². The van der Waals surface area contributed by atoms with Gasteiger partial charge >= 0.3 is 5.97 Å². The summed E-state index contributed by atoms with van der Waals surface area (Å²) in [6.07, 6.45) is 0.422. The molecule has 1 aromatic carbocycles. The van der Waals surface area contributed by atoms with Gasteiger partial charge in [0.05, 0.1) is 11.5 Å². The van der Waals surface area contributed by atoms with Crippen LogP contribution < -0.4 is 4.74 Å². The lowest BCUT2D eigenvalue weighted by Crippen LogP contribution is -2.43. The molecule has 8 heteroatoms. The van der Waals surface area contributed by atoms with Crippen molar-refractivity contribution in [1.82, 2.24) is 4.90 Å². The highest BCUT2D eigenvalue weighted by atomic mass is 32.2. The van der Waals surface area contributed by atoms with Crippen LogP contribution in [0.5, 0.6) is 5.75 Å². The van der Waals surface area contributed by atoms with Crippen molar-refractivity contribution >= 4 is 21.7 Å². The minimum absolute atomic E-state index is 0.0315. The monoisotopic (exact) mass is 383 g/mol. The van der Waals surface area contributed by atoms with Gasteiger partial charge < -0.3 is 14.4 Å². The number of amides is 1. The van der Waals surface area contributed by atoms with Gasteiger partial charge in [-0.1, -0.05) is 12.1 Å². The summed E-state index contributed by atoms with van der Waals surface area (Å²) in [5.41, 5.74) is 1.99. The molecule has 0 spiro atoms. The lowest BCUT2D eigenvalue weighted by molar-refractivity contribution is -0.154. The fourth-order valence-corrected chi connectivity index (χ4v) is 4.67. The molecule has 0 radical (unpaired) electrons. The van der Waals surface area contributed by atoms with Crippen LogP contribution >= 0.6 is 0 Å². The molecule has 1 aliphatic heterocycles. The minimum atomic E-state index is -3.08. The molecule has 1 aromatic rings. The Hall–Kier alpha value is -2.09. The molecule has 0 saturated carbocycles. The molecule has 0 bridgehead atoms. The van der Waals surface area contributed by atoms with Crippen LogP contribution in [0.25, 0.3) is 0 Å². The van der Waals surface area contributed by atoms with Crippen LogP contribution in [0.4, 0.5) is 0 Å². The molecule has 1 fully saturated rings. The Kier molecular flexibility index (Phi) is 6.63. The van der Waals surface area contributed by atoms with E-state index in [1.165, 1.54) is 4.90 Å². The van der Waals surface area contributed by atoms with Crippen molar-refractivity contribution in [3.63, 3.8) is 0 Å². The molecule has 1 atom stereocenters. The van der Waals surface area contributed by atoms with Gasteiger partial charge in [-0.15, -0.1) is 0 Å². The number of esters is 1. The standard InChI is InChI=1S/C18H25NO6S/c1-4-19(15-8-9-26(22,23)12-15)17(20)10-25-18(21)11-24-16-7-5-6-13(2)14(16)3/h5-7,15H,4,8-12H2,1-3H3/t15-/m1/s1. The van der Waals surface area contributed by atoms with Crippen molar-refractivity contribution in [3.05, 3.63) is 29.3 Å². The van der Waals surface area contributed by atoms with Crippen LogP contribution in [0.1, 0.15) is 24.5 Å². The Morgan fingerprint density at radius 3 is 2.58 bits per heavy atom. The number of sulfone groups is 1. The van der Waals surface area contributed by atoms with Gasteiger partial charge in [-0.05, 0) is 44.4 Å². The first-order chi connectivity index (χ1) is 12.2. The summed E-state index contributed by atoms with van der Waals surface area (Å²) in [6, 6.07) is 5.20. The van der Waals surface area contributed by atoms with Gasteiger partial charge in [-0.25, -0.2) is 13.2 Å². The normalized spacial score (nSPS) is 18.3. The second-order valence-electron chi connectivity index (χ2n) is 6.38. The average molecular weight is 383 g/mol. The lowest BCUT2D eigenvalue weighted by Gasteiger charge is -2.26. The third-order valence-corrected chi connectivity index (χ3v) is 6.32. The molecule has 0 unspecified atom stereocenters. The van der Waals surface area contributed by atoms with E-state index in [-0.39, 0.29) is 24.2 Å². The Bertz CT molecular complexity index is 774. The highest BCUT2D eigenvalue weighted by Crippen LogP contribution is 2.20. The van der Waals surface area contributed by atoms with E-state index in [1.54, 1.807) is 13.0 Å². The van der Waals surface area contributed by atoms with Gasteiger partial charge in [0.1, 0.15) is 5.75 Å². The zero-order valence-corrected chi connectivity index (χ0v) is 16.2. The summed E-state index contributed by atoms with van der Waals surface area (Å²) in [7, 11) is -3.08. The molecule has 1 amide bonds. The third-order valence-electron chi connectivity index (χ3n) is 4.57. The fourth-order valence-electron chi connectivity index (χ4n) is 2.94. The summed E-state index contributed by atoms with van der Waals surface area (Å²) < 4.78 is 33.6. The molecule has 0 aromatic heterocycles. The van der Waals surface area contributed by atoms with Crippen LogP contribution in [0, 0.1) is 13.8 Å². The Balaban J connectivity index is 1.82. The van der Waals surface area contributed by atoms with E-state index in [0.29, 0.717) is 18.7 Å². The maximum absolute atomic E-state index is 12.3. The zero-order valence-electron chi connectivity index (χ0n) is 15.4. The van der Waals surface area contributed by atoms with Crippen molar-refractivity contribution in [2.45, 2.75) is 33.2 Å². The smallest absolute Gasteiger partial charge is 0.344 e. The molecule has 0 N–H and O–H groups in total. The van der Waals surface area contributed by atoms with Gasteiger partial charge in [0.25, 0.3) is 5.91 Å². The molecule has 26 heavy (non-hydrogen) atoms. The Morgan fingerprint density at radius 2 is 1.96 bits per heavy atom. The van der Waals surface area contributed by atoms with E-state index in [2.05, 4.69) is 0 Å². The number of aryl methyl sites for hydroxylation is 1. The van der Waals surface area contributed by atoms with Gasteiger partial charge in [-0.3, -0.25) is 4.79 Å². The fraction of sp³-hybridized carbons (Fsp3) is 0.556. The molecule has 1 aliphatic rings. The third kappa shape index (κ3) is 5.20. The summed E-state index contributed by atoms with van der Waals surface area (Å²) in [5.74, 6) is -0.384. The first-order valence-corrected chi connectivity index (χ1v) is 10.4. The average Bonchev–Trinajstić information content (AvgIpc) is 2.94. The number of carbonyl (C=O) groups excluding carboxylic acids is 2. The number of benzene rings is 1. The maximum Gasteiger partial charge on any atom is 0.344 e. The topological polar surface area (TPSA) is 90.0 Å². The van der Waals surface area contributed by atoms with E-state index in [0.717, 1.165) is 11.1 Å². The van der Waals surface area contributed by atoms with E-state index < -0.39 is 28.3 Å². The summed E-state index contributed by atoms with van der Waals surface area (Å²) in [4.78, 5) is 25.6. The van der Waals surface area contributed by atoms with Crippen molar-refractivity contribution in [1.29, 1.82) is 0 Å². The number of nitrogens with zero attached hydrogens (tertiary/aromatic N) is 1. The summed E-state index contributed by atoms with van der Waals surface area (Å²) >= 11 is 0. The first-order valence-electron chi connectivity index (χ1n) is 8.58. The second kappa shape index (κ2) is 8.53. The predicted octanol–water partition coefficient (Wildman–Crippen LogP) is 1.26. The molecule has 0 aliphatic carbocycles. The SMILES string of the molecule is CCN(C(=O)COC(=O)COc1cccc(C)c1C)[C@@H]1CCS(=O)(=O)C1. The van der Waals surface area contributed by atoms with Gasteiger partial charge in [0, 0.05) is 12.6 Å². The maximum atomic E-state index is 12.3. The molecule has 1 heterocycles. The molecule has 144 valence electrons. The van der Waals surface area contributed by atoms with Crippen molar-refractivity contribution < 1.29 is 27.5 Å². The van der Waals surface area contributed by atoms with E-state index in [1.807, 2.05) is 26.0 Å². The number of ether oxygens (including phenoxy) is 2. The van der Waals surface area contributed by atoms with E-state index in [9.17, 15) is 18.0 Å². The molecule has 2 rings (SSSR count). The zero-order chi connectivity index (χ0) is 19.3. The molecule has 7 nitrogen and oxygen atoms in total. The minimum Gasteiger partial charge on any atom is -0.482 e. The molecular formula is C18H25NO6S. The molecular weight excluding hydrogens is 358 g/mol. The van der Waals surface area contributed by atoms with E-state index in [4.69, 9.17) is 9.47 Å². The Labute approximate surface area is 154 Å². The number of carbonyl (C=O) groups is 2. The highest BCUT2D eigenvalue weighted by molar-refractivity contribution is 7.91. The number of rotatable bonds is 7. The van der Waals surface area contributed by atoms with Crippen LogP contribution in [0.2, 0.25) is 0 Å². The number of likely N-dealkylation sites (N-methyl/N-ethyl adjacent to an activating group) is 1. The summed E-state index contributed by atoms with van der Waals surface area (Å²) in [6.45, 7) is 5.28. The quantitative estimate of drug-likeness (QED) is 0.659. The first kappa shape index (κ1) is 20.2. The van der Waals surface area contributed by atoms with Crippen LogP contribution in [-0.2, 0) is 24.2 Å². The van der Waals surface area contributed by atoms with Crippen molar-refractivity contribution in [2.24, 2.45) is 0 Å². The molecule has 1 saturated heterocycles. The van der Waals surface area contributed by atoms with Gasteiger partial charge in [0.15, 0.2) is 23.1 Å². The van der Waals surface area contributed by atoms with Crippen LogP contribution in [0.15, 0.2) is 18.2 Å². The van der Waals surface area contributed by atoms with Crippen molar-refractivity contribution in [2.75, 3.05) is 31.3 Å². The predicted molar refractivity (Wildman–Crippen MR) is 96.8 cm³/mol. The van der Waals surface area contributed by atoms with Crippen molar-refractivity contribution in [3.8, 4) is 5.75 Å². The van der Waals surface area contributed by atoms with Gasteiger partial charge in [0.2, 0.25) is 0 Å². The van der Waals surface area contributed by atoms with E-state index >= 15 is 0 Å². The second-order valence-corrected chi connectivity index (χ2v) is 8.61. The largest absolute Gasteiger partial charge is 0.482 e. The summed E-state index contributed by atoms with van der Waals surface area (Å²) in [5, 5.41) is 0. The van der Waals surface area contributed by atoms with Crippen LogP contribution in [0.3, 0.4) is 0 Å².